The largest absolute Gasteiger partial charge is 0.325 e. The molecular weight excluding hydrogens is 258 g/mol. The number of allylic oxidation sites excluding steroid dienone is 2. The lowest BCUT2D eigenvalue weighted by Crippen LogP contribution is -2.18. The van der Waals surface area contributed by atoms with E-state index in [0.717, 1.165) is 16.8 Å². The Morgan fingerprint density at radius 3 is 2.14 bits per heavy atom. The van der Waals surface area contributed by atoms with Crippen LogP contribution in [0.5, 0.6) is 0 Å². The van der Waals surface area contributed by atoms with E-state index in [1.54, 1.807) is 0 Å². The number of rotatable bonds is 3. The van der Waals surface area contributed by atoms with Crippen molar-refractivity contribution in [2.45, 2.75) is 48.5 Å². The van der Waals surface area contributed by atoms with Gasteiger partial charge in [0.15, 0.2) is 0 Å². The molecule has 1 saturated carbocycles. The molecule has 0 radical (unpaired) electrons. The summed E-state index contributed by atoms with van der Waals surface area (Å²) in [6.45, 7) is 14.7. The van der Waals surface area contributed by atoms with Gasteiger partial charge >= 0.3 is 0 Å². The van der Waals surface area contributed by atoms with Crippen LogP contribution in [0.1, 0.15) is 44.4 Å². The minimum atomic E-state index is 0.0634. The number of benzene rings is 1. The Hall–Kier alpha value is -1.57. The molecule has 1 amide bonds. The zero-order chi connectivity index (χ0) is 15.9. The topological polar surface area (TPSA) is 29.1 Å². The molecule has 1 aliphatic carbocycles. The SMILES string of the molecule is CC(C)=C[C@@H]1[C@H](C(=O)Nc2c(C)cc(C)cc2C)C1(C)C. The average Bonchev–Trinajstić information content (AvgIpc) is 2.84. The fourth-order valence-electron chi connectivity index (χ4n) is 3.43. The van der Waals surface area contributed by atoms with E-state index in [1.807, 2.05) is 0 Å². The highest BCUT2D eigenvalue weighted by atomic mass is 16.2. The summed E-state index contributed by atoms with van der Waals surface area (Å²) in [5.41, 5.74) is 5.83. The van der Waals surface area contributed by atoms with Crippen LogP contribution in [0.3, 0.4) is 0 Å². The zero-order valence-corrected chi connectivity index (χ0v) is 14.3. The van der Waals surface area contributed by atoms with E-state index in [-0.39, 0.29) is 17.2 Å². The molecular formula is C19H27NO. The molecule has 21 heavy (non-hydrogen) atoms. The standard InChI is InChI=1S/C19H27NO/c1-11(2)8-15-16(19(15,6)7)18(21)20-17-13(4)9-12(3)10-14(17)5/h8-10,15-16H,1-7H3,(H,20,21)/t15-,16-/m1/s1. The molecule has 0 bridgehead atoms. The second kappa shape index (κ2) is 5.32. The maximum atomic E-state index is 12.6. The summed E-state index contributed by atoms with van der Waals surface area (Å²) >= 11 is 0. The number of amides is 1. The number of nitrogens with one attached hydrogen (secondary N) is 1. The van der Waals surface area contributed by atoms with Gasteiger partial charge in [0.2, 0.25) is 5.91 Å². The summed E-state index contributed by atoms with van der Waals surface area (Å²) in [6, 6.07) is 4.24. The summed E-state index contributed by atoms with van der Waals surface area (Å²) in [5, 5.41) is 3.16. The van der Waals surface area contributed by atoms with E-state index >= 15 is 0 Å². The van der Waals surface area contributed by atoms with Crippen molar-refractivity contribution in [3.05, 3.63) is 40.5 Å². The van der Waals surface area contributed by atoms with Gasteiger partial charge in [-0.15, -0.1) is 0 Å². The Labute approximate surface area is 128 Å². The third-order valence-electron chi connectivity index (χ3n) is 4.63. The van der Waals surface area contributed by atoms with Crippen LogP contribution < -0.4 is 5.32 Å². The van der Waals surface area contributed by atoms with Crippen LogP contribution in [-0.4, -0.2) is 5.91 Å². The highest BCUT2D eigenvalue weighted by Gasteiger charge is 2.60. The quantitative estimate of drug-likeness (QED) is 0.795. The van der Waals surface area contributed by atoms with Crippen LogP contribution in [0.25, 0.3) is 0 Å². The van der Waals surface area contributed by atoms with Crippen LogP contribution in [0.4, 0.5) is 5.69 Å². The van der Waals surface area contributed by atoms with E-state index in [4.69, 9.17) is 0 Å². The van der Waals surface area contributed by atoms with E-state index in [1.165, 1.54) is 11.1 Å². The number of hydrogen-bond acceptors (Lipinski definition) is 1. The molecule has 2 nitrogen and oxygen atoms in total. The minimum absolute atomic E-state index is 0.0634. The van der Waals surface area contributed by atoms with Crippen molar-refractivity contribution in [2.75, 3.05) is 5.32 Å². The first-order chi connectivity index (χ1) is 9.64. The third kappa shape index (κ3) is 3.04. The molecule has 2 heteroatoms. The first kappa shape index (κ1) is 15.8. The van der Waals surface area contributed by atoms with Gasteiger partial charge in [-0.3, -0.25) is 4.79 Å². The molecule has 0 unspecified atom stereocenters. The number of aryl methyl sites for hydroxylation is 3. The van der Waals surface area contributed by atoms with Crippen LogP contribution in [0.2, 0.25) is 0 Å². The number of carbonyl (C=O) groups is 1. The van der Waals surface area contributed by atoms with Crippen molar-refractivity contribution in [1.82, 2.24) is 0 Å². The summed E-state index contributed by atoms with van der Waals surface area (Å²) < 4.78 is 0. The lowest BCUT2D eigenvalue weighted by atomic mass is 10.0. The van der Waals surface area contributed by atoms with Crippen molar-refractivity contribution in [1.29, 1.82) is 0 Å². The molecule has 1 aromatic carbocycles. The van der Waals surface area contributed by atoms with E-state index in [0.29, 0.717) is 5.92 Å². The monoisotopic (exact) mass is 285 g/mol. The number of carbonyl (C=O) groups excluding carboxylic acids is 1. The smallest absolute Gasteiger partial charge is 0.228 e. The second-order valence-electron chi connectivity index (χ2n) is 7.33. The average molecular weight is 285 g/mol. The summed E-state index contributed by atoms with van der Waals surface area (Å²) in [4.78, 5) is 12.6. The Balaban J connectivity index is 2.19. The summed E-state index contributed by atoms with van der Waals surface area (Å²) in [6.07, 6.45) is 2.24. The molecule has 1 aliphatic rings. The van der Waals surface area contributed by atoms with Gasteiger partial charge in [0.05, 0.1) is 5.92 Å². The van der Waals surface area contributed by atoms with Gasteiger partial charge in [-0.1, -0.05) is 43.2 Å². The van der Waals surface area contributed by atoms with Crippen molar-refractivity contribution < 1.29 is 4.79 Å². The van der Waals surface area contributed by atoms with Crippen molar-refractivity contribution in [2.24, 2.45) is 17.3 Å². The van der Waals surface area contributed by atoms with Gasteiger partial charge in [-0.05, 0) is 57.1 Å². The van der Waals surface area contributed by atoms with Gasteiger partial charge < -0.3 is 5.32 Å². The van der Waals surface area contributed by atoms with Crippen molar-refractivity contribution in [3.8, 4) is 0 Å². The molecule has 1 N–H and O–H groups in total. The van der Waals surface area contributed by atoms with Gasteiger partial charge in [-0.2, -0.15) is 0 Å². The predicted octanol–water partition coefficient (Wildman–Crippen LogP) is 4.79. The highest BCUT2D eigenvalue weighted by molar-refractivity contribution is 5.97. The second-order valence-corrected chi connectivity index (χ2v) is 7.33. The van der Waals surface area contributed by atoms with Crippen molar-refractivity contribution in [3.63, 3.8) is 0 Å². The summed E-state index contributed by atoms with van der Waals surface area (Å²) in [5.74, 6) is 0.582. The highest BCUT2D eigenvalue weighted by Crippen LogP contribution is 2.59. The van der Waals surface area contributed by atoms with Gasteiger partial charge in [0, 0.05) is 5.69 Å². The van der Waals surface area contributed by atoms with Crippen LogP contribution >= 0.6 is 0 Å². The van der Waals surface area contributed by atoms with E-state index < -0.39 is 0 Å². The molecule has 0 aromatic heterocycles. The van der Waals surface area contributed by atoms with Crippen molar-refractivity contribution >= 4 is 11.6 Å². The molecule has 0 aliphatic heterocycles. The van der Waals surface area contributed by atoms with Crippen LogP contribution in [0.15, 0.2) is 23.8 Å². The lowest BCUT2D eigenvalue weighted by molar-refractivity contribution is -0.118. The van der Waals surface area contributed by atoms with Crippen LogP contribution in [0, 0.1) is 38.0 Å². The Bertz CT molecular complexity index is 583. The molecule has 114 valence electrons. The maximum Gasteiger partial charge on any atom is 0.228 e. The molecule has 2 atom stereocenters. The molecule has 2 rings (SSSR count). The van der Waals surface area contributed by atoms with Gasteiger partial charge in [0.25, 0.3) is 0 Å². The summed E-state index contributed by atoms with van der Waals surface area (Å²) in [7, 11) is 0. The Morgan fingerprint density at radius 2 is 1.67 bits per heavy atom. The first-order valence-electron chi connectivity index (χ1n) is 7.68. The predicted molar refractivity (Wildman–Crippen MR) is 89.5 cm³/mol. The normalized spacial score (nSPS) is 22.6. The fraction of sp³-hybridized carbons (Fsp3) is 0.526. The molecule has 0 saturated heterocycles. The molecule has 1 aromatic rings. The minimum Gasteiger partial charge on any atom is -0.325 e. The van der Waals surface area contributed by atoms with E-state index in [2.05, 4.69) is 72.0 Å². The maximum absolute atomic E-state index is 12.6. The molecule has 0 spiro atoms. The third-order valence-corrected chi connectivity index (χ3v) is 4.63. The van der Waals surface area contributed by atoms with Gasteiger partial charge in [0.1, 0.15) is 0 Å². The fourth-order valence-corrected chi connectivity index (χ4v) is 3.43. The first-order valence-corrected chi connectivity index (χ1v) is 7.68. The van der Waals surface area contributed by atoms with Crippen LogP contribution in [-0.2, 0) is 4.79 Å². The Morgan fingerprint density at radius 1 is 1.14 bits per heavy atom. The zero-order valence-electron chi connectivity index (χ0n) is 14.3. The lowest BCUT2D eigenvalue weighted by Gasteiger charge is -2.13. The number of hydrogen-bond donors (Lipinski definition) is 1. The number of anilines is 1. The van der Waals surface area contributed by atoms with Gasteiger partial charge in [-0.25, -0.2) is 0 Å². The Kier molecular flexibility index (Phi) is 4.01. The molecule has 1 fully saturated rings. The molecule has 0 heterocycles. The van der Waals surface area contributed by atoms with E-state index in [9.17, 15) is 4.79 Å².